The Bertz CT molecular complexity index is 515. The summed E-state index contributed by atoms with van der Waals surface area (Å²) in [6, 6.07) is 4.65. The number of hydrogen-bond acceptors (Lipinski definition) is 4. The van der Waals surface area contributed by atoms with Gasteiger partial charge in [-0.15, -0.1) is 0 Å². The predicted octanol–water partition coefficient (Wildman–Crippen LogP) is 3.29. The van der Waals surface area contributed by atoms with Gasteiger partial charge in [0, 0.05) is 30.8 Å². The van der Waals surface area contributed by atoms with Crippen LogP contribution in [-0.2, 0) is 0 Å². The lowest BCUT2D eigenvalue weighted by atomic mass is 10.1. The number of carbonyl (C=O) groups is 1. The van der Waals surface area contributed by atoms with Crippen LogP contribution in [-0.4, -0.2) is 34.9 Å². The first kappa shape index (κ1) is 16.9. The van der Waals surface area contributed by atoms with Crippen molar-refractivity contribution in [2.45, 2.75) is 40.2 Å². The largest absolute Gasteiger partial charge is 0.380 e. The van der Waals surface area contributed by atoms with E-state index in [-0.39, 0.29) is 17.6 Å². The van der Waals surface area contributed by atoms with E-state index in [1.807, 2.05) is 27.7 Å². The molecular formula is C15H23N3O3. The molecule has 1 amide bonds. The van der Waals surface area contributed by atoms with Gasteiger partial charge in [0.2, 0.25) is 0 Å². The summed E-state index contributed by atoms with van der Waals surface area (Å²) in [7, 11) is 0. The third-order valence-electron chi connectivity index (χ3n) is 3.23. The predicted molar refractivity (Wildman–Crippen MR) is 83.7 cm³/mol. The number of benzene rings is 1. The van der Waals surface area contributed by atoms with Crippen LogP contribution in [0.4, 0.5) is 11.4 Å². The fourth-order valence-corrected chi connectivity index (χ4v) is 2.13. The second-order valence-corrected chi connectivity index (χ2v) is 5.10. The van der Waals surface area contributed by atoms with Crippen LogP contribution in [0, 0.1) is 10.1 Å². The lowest BCUT2D eigenvalue weighted by Crippen LogP contribution is -2.36. The minimum atomic E-state index is -0.458. The topological polar surface area (TPSA) is 75.5 Å². The molecule has 0 aliphatic heterocycles. The van der Waals surface area contributed by atoms with Crippen molar-refractivity contribution in [1.29, 1.82) is 0 Å². The average Bonchev–Trinajstić information content (AvgIpc) is 2.44. The van der Waals surface area contributed by atoms with E-state index in [9.17, 15) is 14.9 Å². The summed E-state index contributed by atoms with van der Waals surface area (Å²) in [5.74, 6) is -0.183. The van der Waals surface area contributed by atoms with Crippen LogP contribution >= 0.6 is 0 Å². The van der Waals surface area contributed by atoms with E-state index in [4.69, 9.17) is 0 Å². The summed E-state index contributed by atoms with van der Waals surface area (Å²) in [6.45, 7) is 8.95. The van der Waals surface area contributed by atoms with Crippen molar-refractivity contribution < 1.29 is 9.72 Å². The molecule has 0 atom stereocenters. The van der Waals surface area contributed by atoms with Crippen molar-refractivity contribution in [3.05, 3.63) is 33.9 Å². The van der Waals surface area contributed by atoms with Gasteiger partial charge < -0.3 is 10.2 Å². The zero-order chi connectivity index (χ0) is 16.0. The van der Waals surface area contributed by atoms with Gasteiger partial charge in [-0.25, -0.2) is 0 Å². The maximum atomic E-state index is 12.4. The van der Waals surface area contributed by atoms with Crippen molar-refractivity contribution in [1.82, 2.24) is 4.90 Å². The molecule has 1 rings (SSSR count). The van der Waals surface area contributed by atoms with Crippen molar-refractivity contribution in [2.75, 3.05) is 18.4 Å². The van der Waals surface area contributed by atoms with Crippen LogP contribution in [0.1, 0.15) is 44.5 Å². The maximum Gasteiger partial charge on any atom is 0.293 e. The summed E-state index contributed by atoms with van der Waals surface area (Å²) in [4.78, 5) is 24.8. The number of nitro benzene ring substituents is 1. The molecule has 0 bridgehead atoms. The molecule has 0 saturated carbocycles. The van der Waals surface area contributed by atoms with Gasteiger partial charge in [-0.1, -0.05) is 6.92 Å². The maximum absolute atomic E-state index is 12.4. The summed E-state index contributed by atoms with van der Waals surface area (Å²) in [6.07, 6.45) is 0.870. The van der Waals surface area contributed by atoms with Gasteiger partial charge in [-0.3, -0.25) is 14.9 Å². The molecule has 0 saturated heterocycles. The third kappa shape index (κ3) is 4.18. The van der Waals surface area contributed by atoms with Gasteiger partial charge in [0.15, 0.2) is 0 Å². The number of nitro groups is 1. The van der Waals surface area contributed by atoms with Crippen LogP contribution in [0.5, 0.6) is 0 Å². The minimum absolute atomic E-state index is 0.0550. The molecule has 0 aliphatic carbocycles. The summed E-state index contributed by atoms with van der Waals surface area (Å²) in [5, 5.41) is 14.2. The van der Waals surface area contributed by atoms with Crippen LogP contribution in [0.2, 0.25) is 0 Å². The zero-order valence-electron chi connectivity index (χ0n) is 13.0. The molecule has 0 unspecified atom stereocenters. The van der Waals surface area contributed by atoms with Crippen molar-refractivity contribution >= 4 is 17.3 Å². The standard InChI is InChI=1S/C15H23N3O3/c1-5-9-16-13-8-7-12(10-14(13)18(20)21)15(19)17(6-2)11(3)4/h7-8,10-11,16H,5-6,9H2,1-4H3. The smallest absolute Gasteiger partial charge is 0.293 e. The van der Waals surface area contributed by atoms with Crippen molar-refractivity contribution in [3.8, 4) is 0 Å². The molecule has 1 N–H and O–H groups in total. The SMILES string of the molecule is CCCNc1ccc(C(=O)N(CC)C(C)C)cc1[N+](=O)[O-]. The number of hydrogen-bond donors (Lipinski definition) is 1. The molecule has 0 aliphatic rings. The van der Waals surface area contributed by atoms with E-state index in [2.05, 4.69) is 5.32 Å². The van der Waals surface area contributed by atoms with E-state index in [0.717, 1.165) is 6.42 Å². The Morgan fingerprint density at radius 3 is 2.52 bits per heavy atom. The Hall–Kier alpha value is -2.11. The van der Waals surface area contributed by atoms with Gasteiger partial charge in [0.25, 0.3) is 11.6 Å². The van der Waals surface area contributed by atoms with Crippen LogP contribution < -0.4 is 5.32 Å². The normalized spacial score (nSPS) is 10.5. The molecular weight excluding hydrogens is 270 g/mol. The van der Waals surface area contributed by atoms with Crippen LogP contribution in [0.15, 0.2) is 18.2 Å². The third-order valence-corrected chi connectivity index (χ3v) is 3.23. The summed E-state index contributed by atoms with van der Waals surface area (Å²) < 4.78 is 0. The van der Waals surface area contributed by atoms with Crippen molar-refractivity contribution in [3.63, 3.8) is 0 Å². The van der Waals surface area contributed by atoms with E-state index in [0.29, 0.717) is 24.3 Å². The quantitative estimate of drug-likeness (QED) is 0.618. The van der Waals surface area contributed by atoms with E-state index >= 15 is 0 Å². The van der Waals surface area contributed by atoms with E-state index < -0.39 is 4.92 Å². The first-order valence-corrected chi connectivity index (χ1v) is 7.25. The molecule has 116 valence electrons. The summed E-state index contributed by atoms with van der Waals surface area (Å²) in [5.41, 5.74) is 0.736. The van der Waals surface area contributed by atoms with Crippen molar-refractivity contribution in [2.24, 2.45) is 0 Å². The van der Waals surface area contributed by atoms with E-state index in [1.54, 1.807) is 17.0 Å². The fourth-order valence-electron chi connectivity index (χ4n) is 2.13. The fraction of sp³-hybridized carbons (Fsp3) is 0.533. The molecule has 0 heterocycles. The molecule has 1 aromatic rings. The summed E-state index contributed by atoms with van der Waals surface area (Å²) >= 11 is 0. The highest BCUT2D eigenvalue weighted by molar-refractivity contribution is 5.96. The number of carbonyl (C=O) groups excluding carboxylic acids is 1. The zero-order valence-corrected chi connectivity index (χ0v) is 13.0. The Labute approximate surface area is 125 Å². The molecule has 6 nitrogen and oxygen atoms in total. The molecule has 0 spiro atoms. The van der Waals surface area contributed by atoms with E-state index in [1.165, 1.54) is 6.07 Å². The lowest BCUT2D eigenvalue weighted by molar-refractivity contribution is -0.384. The average molecular weight is 293 g/mol. The molecule has 21 heavy (non-hydrogen) atoms. The number of nitrogens with one attached hydrogen (secondary N) is 1. The highest BCUT2D eigenvalue weighted by atomic mass is 16.6. The Morgan fingerprint density at radius 2 is 2.05 bits per heavy atom. The molecule has 0 radical (unpaired) electrons. The minimum Gasteiger partial charge on any atom is -0.380 e. The van der Waals surface area contributed by atoms with Crippen LogP contribution in [0.3, 0.4) is 0 Å². The highest BCUT2D eigenvalue weighted by Gasteiger charge is 2.21. The first-order valence-electron chi connectivity index (χ1n) is 7.25. The van der Waals surface area contributed by atoms with Gasteiger partial charge in [0.05, 0.1) is 4.92 Å². The highest BCUT2D eigenvalue weighted by Crippen LogP contribution is 2.26. The Morgan fingerprint density at radius 1 is 1.38 bits per heavy atom. The molecule has 6 heteroatoms. The first-order chi connectivity index (χ1) is 9.92. The van der Waals surface area contributed by atoms with Gasteiger partial charge in [0.1, 0.15) is 5.69 Å². The number of amides is 1. The van der Waals surface area contributed by atoms with Gasteiger partial charge >= 0.3 is 0 Å². The van der Waals surface area contributed by atoms with Crippen LogP contribution in [0.25, 0.3) is 0 Å². The second kappa shape index (κ2) is 7.61. The number of rotatable bonds is 7. The number of nitrogens with zero attached hydrogens (tertiary/aromatic N) is 2. The number of anilines is 1. The molecule has 1 aromatic carbocycles. The molecule has 0 fully saturated rings. The second-order valence-electron chi connectivity index (χ2n) is 5.10. The Kier molecular flexibility index (Phi) is 6.14. The lowest BCUT2D eigenvalue weighted by Gasteiger charge is -2.25. The van der Waals surface area contributed by atoms with Gasteiger partial charge in [-0.05, 0) is 39.3 Å². The van der Waals surface area contributed by atoms with Gasteiger partial charge in [-0.2, -0.15) is 0 Å². The monoisotopic (exact) mass is 293 g/mol. The molecule has 0 aromatic heterocycles. The Balaban J connectivity index is 3.13.